The number of hydrogen-bond donors (Lipinski definition) is 4. The van der Waals surface area contributed by atoms with Crippen LogP contribution in [-0.4, -0.2) is 72.6 Å². The Hall–Kier alpha value is -3.53. The Bertz CT molecular complexity index is 1410. The molecule has 2 rings (SSSR count). The zero-order valence-electron chi connectivity index (χ0n) is 36.7. The molecule has 0 spiro atoms. The van der Waals surface area contributed by atoms with Crippen LogP contribution in [0.2, 0.25) is 0 Å². The van der Waals surface area contributed by atoms with Gasteiger partial charge >= 0.3 is 5.97 Å². The molecule has 2 aliphatic carbocycles. The average Bonchev–Trinajstić information content (AvgIpc) is 3.18. The van der Waals surface area contributed by atoms with Crippen LogP contribution in [0.1, 0.15) is 131 Å². The first-order valence-electron chi connectivity index (χ1n) is 22.2. The van der Waals surface area contributed by atoms with Gasteiger partial charge in [-0.1, -0.05) is 107 Å². The van der Waals surface area contributed by atoms with Crippen LogP contribution in [0.4, 0.5) is 0 Å². The van der Waals surface area contributed by atoms with Crippen molar-refractivity contribution in [1.82, 2.24) is 10.6 Å². The van der Waals surface area contributed by atoms with Gasteiger partial charge in [-0.3, -0.25) is 14.4 Å². The van der Waals surface area contributed by atoms with Gasteiger partial charge < -0.3 is 30.3 Å². The summed E-state index contributed by atoms with van der Waals surface area (Å²) in [6, 6.07) is 0. The summed E-state index contributed by atoms with van der Waals surface area (Å²) in [6.45, 7) is 13.7. The highest BCUT2D eigenvalue weighted by atomic mass is 16.5. The van der Waals surface area contributed by atoms with E-state index in [1.807, 2.05) is 20.8 Å². The summed E-state index contributed by atoms with van der Waals surface area (Å²) in [5.74, 6) is 0.349. The third kappa shape index (κ3) is 21.5. The first kappa shape index (κ1) is 50.6. The highest BCUT2D eigenvalue weighted by molar-refractivity contribution is 5.77. The van der Waals surface area contributed by atoms with Crippen molar-refractivity contribution in [1.29, 1.82) is 0 Å². The highest BCUT2D eigenvalue weighted by Crippen LogP contribution is 2.45. The second-order valence-electron chi connectivity index (χ2n) is 16.7. The van der Waals surface area contributed by atoms with Gasteiger partial charge in [-0.25, -0.2) is 0 Å². The summed E-state index contributed by atoms with van der Waals surface area (Å²) in [4.78, 5) is 37.6. The van der Waals surface area contributed by atoms with Gasteiger partial charge in [0.25, 0.3) is 0 Å². The fourth-order valence-corrected chi connectivity index (χ4v) is 7.31. The van der Waals surface area contributed by atoms with Crippen LogP contribution in [0.5, 0.6) is 0 Å². The highest BCUT2D eigenvalue weighted by Gasteiger charge is 2.43. The molecule has 2 amide bonds. The van der Waals surface area contributed by atoms with Gasteiger partial charge in [0.1, 0.15) is 6.10 Å². The Morgan fingerprint density at radius 1 is 0.845 bits per heavy atom. The molecule has 9 heteroatoms. The third-order valence-electron chi connectivity index (χ3n) is 11.2. The maximum absolute atomic E-state index is 13.1. The van der Waals surface area contributed by atoms with Crippen LogP contribution >= 0.6 is 0 Å². The number of fused-ring (bicyclic) bond motifs is 1. The van der Waals surface area contributed by atoms with E-state index < -0.39 is 17.6 Å². The normalized spacial score (nSPS) is 22.2. The number of carbonyl (C=O) groups is 3. The molecule has 7 atom stereocenters. The molecule has 4 N–H and O–H groups in total. The molecule has 2 aliphatic rings. The van der Waals surface area contributed by atoms with Crippen molar-refractivity contribution < 1.29 is 34.1 Å². The van der Waals surface area contributed by atoms with Gasteiger partial charge in [-0.05, 0) is 114 Å². The van der Waals surface area contributed by atoms with Crippen LogP contribution in [0.25, 0.3) is 0 Å². The van der Waals surface area contributed by atoms with E-state index in [9.17, 15) is 24.6 Å². The Morgan fingerprint density at radius 3 is 2.03 bits per heavy atom. The fourth-order valence-electron chi connectivity index (χ4n) is 7.31. The average molecular weight is 807 g/mol. The number of aliphatic hydroxyl groups excluding tert-OH is 2. The Kier molecular flexibility index (Phi) is 25.9. The van der Waals surface area contributed by atoms with Gasteiger partial charge in [0.15, 0.2) is 0 Å². The molecule has 0 heterocycles. The Labute approximate surface area is 351 Å². The largest absolute Gasteiger partial charge is 0.461 e. The van der Waals surface area contributed by atoms with Crippen molar-refractivity contribution in [3.05, 3.63) is 84.6 Å². The van der Waals surface area contributed by atoms with Crippen LogP contribution in [0.15, 0.2) is 84.6 Å². The number of hydrogen-bond acceptors (Lipinski definition) is 7. The molecule has 0 aliphatic heterocycles. The summed E-state index contributed by atoms with van der Waals surface area (Å²) in [5.41, 5.74) is 0.664. The molecule has 0 aromatic rings. The topological polar surface area (TPSA) is 134 Å². The number of nitrogens with one attached hydrogen (secondary N) is 2. The summed E-state index contributed by atoms with van der Waals surface area (Å²) in [5, 5.41) is 27.1. The van der Waals surface area contributed by atoms with E-state index in [0.717, 1.165) is 57.8 Å². The predicted molar refractivity (Wildman–Crippen MR) is 237 cm³/mol. The first-order valence-corrected chi connectivity index (χ1v) is 22.2. The van der Waals surface area contributed by atoms with E-state index >= 15 is 0 Å². The molecule has 0 aromatic carbocycles. The molecule has 58 heavy (non-hydrogen) atoms. The minimum atomic E-state index is -0.966. The molecule has 326 valence electrons. The third-order valence-corrected chi connectivity index (χ3v) is 11.2. The number of allylic oxidation sites excluding steroid dienone is 13. The number of unbranched alkanes of at least 4 members (excludes halogenated alkanes) is 1. The van der Waals surface area contributed by atoms with E-state index in [0.29, 0.717) is 51.5 Å². The SMILES string of the molecule is CCC=CCC=CCC=CCC=CCC=CCCCC(=O)NCCOCCNC(=O)C[C@H](O)C[C@@H](O)CC[C@@H]1C2C(=C[C@H](C)CC2OC(=O)C(C)(C)CC)C=C[C@@H]1C. The van der Waals surface area contributed by atoms with Crippen molar-refractivity contribution >= 4 is 17.8 Å². The predicted octanol–water partition coefficient (Wildman–Crippen LogP) is 9.19. The van der Waals surface area contributed by atoms with Crippen molar-refractivity contribution in [3.8, 4) is 0 Å². The van der Waals surface area contributed by atoms with E-state index in [1.165, 1.54) is 5.57 Å². The van der Waals surface area contributed by atoms with Crippen molar-refractivity contribution in [3.63, 3.8) is 0 Å². The van der Waals surface area contributed by atoms with Gasteiger partial charge in [0.05, 0.1) is 37.3 Å². The van der Waals surface area contributed by atoms with E-state index in [-0.39, 0.29) is 54.5 Å². The monoisotopic (exact) mass is 807 g/mol. The van der Waals surface area contributed by atoms with Crippen LogP contribution in [0, 0.1) is 29.1 Å². The maximum atomic E-state index is 13.1. The number of esters is 1. The number of amides is 2. The lowest BCUT2D eigenvalue weighted by Gasteiger charge is -2.44. The van der Waals surface area contributed by atoms with Gasteiger partial charge in [0.2, 0.25) is 11.8 Å². The van der Waals surface area contributed by atoms with Crippen LogP contribution in [0.3, 0.4) is 0 Å². The zero-order valence-corrected chi connectivity index (χ0v) is 36.7. The lowest BCUT2D eigenvalue weighted by molar-refractivity contribution is -0.164. The fraction of sp³-hybridized carbons (Fsp3) is 0.653. The van der Waals surface area contributed by atoms with Gasteiger partial charge in [-0.15, -0.1) is 0 Å². The lowest BCUT2D eigenvalue weighted by Crippen LogP contribution is -2.43. The molecule has 0 saturated heterocycles. The Balaban J connectivity index is 1.53. The summed E-state index contributed by atoms with van der Waals surface area (Å²) in [7, 11) is 0. The molecule has 0 radical (unpaired) electrons. The van der Waals surface area contributed by atoms with Crippen molar-refractivity contribution in [2.75, 3.05) is 26.3 Å². The van der Waals surface area contributed by atoms with Crippen molar-refractivity contribution in [2.24, 2.45) is 29.1 Å². The second kappa shape index (κ2) is 29.6. The maximum Gasteiger partial charge on any atom is 0.311 e. The number of aliphatic hydroxyl groups is 2. The Morgan fingerprint density at radius 2 is 1.43 bits per heavy atom. The molecule has 0 fully saturated rings. The summed E-state index contributed by atoms with van der Waals surface area (Å²) < 4.78 is 11.7. The van der Waals surface area contributed by atoms with E-state index in [1.54, 1.807) is 0 Å². The number of ether oxygens (including phenoxy) is 2. The number of rotatable bonds is 29. The zero-order chi connectivity index (χ0) is 42.6. The smallest absolute Gasteiger partial charge is 0.311 e. The van der Waals surface area contributed by atoms with Gasteiger partial charge in [-0.2, -0.15) is 0 Å². The minimum Gasteiger partial charge on any atom is -0.461 e. The van der Waals surface area contributed by atoms with Gasteiger partial charge in [0, 0.05) is 25.4 Å². The second-order valence-corrected chi connectivity index (χ2v) is 16.7. The molecule has 0 saturated carbocycles. The molecule has 0 bridgehead atoms. The van der Waals surface area contributed by atoms with Crippen molar-refractivity contribution in [2.45, 2.75) is 150 Å². The van der Waals surface area contributed by atoms with E-state index in [4.69, 9.17) is 9.47 Å². The van der Waals surface area contributed by atoms with E-state index in [2.05, 4.69) is 110 Å². The molecule has 2 unspecified atom stereocenters. The molecule has 9 nitrogen and oxygen atoms in total. The van der Waals surface area contributed by atoms with Crippen LogP contribution < -0.4 is 10.6 Å². The lowest BCUT2D eigenvalue weighted by atomic mass is 9.65. The standard InChI is InChI=1S/C49H78N2O7/c1-7-9-10-11-12-13-14-15-16-17-18-19-20-21-22-23-24-25-45(54)50-30-32-57-33-31-51-46(55)37-42(53)36-41(52)28-29-43-39(4)26-27-40-34-38(3)35-44(47(40)43)58-48(56)49(5,6)8-2/h9-10,12-13,15-16,18-19,21-22,26-27,34,38-39,41-44,47,52-53H,7-8,11,14,17,20,23-25,28-33,35-37H2,1-6H3,(H,50,54)(H,51,55)/t38-,39-,41-,42+,43-,44?,47?/m0/s1. The molecule has 0 aromatic heterocycles. The first-order chi connectivity index (χ1) is 27.9. The summed E-state index contributed by atoms with van der Waals surface area (Å²) >= 11 is 0. The number of carbonyl (C=O) groups excluding carboxylic acids is 3. The molecular formula is C49H78N2O7. The minimum absolute atomic E-state index is 0.00281. The van der Waals surface area contributed by atoms with Crippen LogP contribution in [-0.2, 0) is 23.9 Å². The summed E-state index contributed by atoms with van der Waals surface area (Å²) in [6.07, 6.45) is 36.2. The quantitative estimate of drug-likeness (QED) is 0.0337. The molecular weight excluding hydrogens is 729 g/mol.